The first-order valence-electron chi connectivity index (χ1n) is 6.77. The lowest BCUT2D eigenvalue weighted by Crippen LogP contribution is -2.23. The fourth-order valence-electron chi connectivity index (χ4n) is 2.17. The van der Waals surface area contributed by atoms with Crippen LogP contribution in [0.1, 0.15) is 31.0 Å². The van der Waals surface area contributed by atoms with Crippen molar-refractivity contribution >= 4 is 5.82 Å². The lowest BCUT2D eigenvalue weighted by molar-refractivity contribution is 0.830. The van der Waals surface area contributed by atoms with Crippen LogP contribution < -0.4 is 10.6 Å². The summed E-state index contributed by atoms with van der Waals surface area (Å²) in [6, 6.07) is 14.1. The molecule has 100 valence electrons. The summed E-state index contributed by atoms with van der Waals surface area (Å²) in [7, 11) is 0. The molecule has 0 saturated heterocycles. The lowest BCUT2D eigenvalue weighted by Gasteiger charge is -2.20. The predicted octanol–water partition coefficient (Wildman–Crippen LogP) is 2.98. The summed E-state index contributed by atoms with van der Waals surface area (Å²) in [6.45, 7) is 6.20. The molecule has 3 nitrogen and oxygen atoms in total. The molecule has 3 heteroatoms. The Labute approximate surface area is 115 Å². The number of rotatable bonds is 5. The molecule has 2 rings (SSSR count). The Hall–Kier alpha value is -1.87. The third kappa shape index (κ3) is 3.12. The van der Waals surface area contributed by atoms with Crippen LogP contribution in [0.4, 0.5) is 5.82 Å². The van der Waals surface area contributed by atoms with Crippen molar-refractivity contribution in [2.45, 2.75) is 19.9 Å². The van der Waals surface area contributed by atoms with Gasteiger partial charge in [-0.3, -0.25) is 0 Å². The maximum absolute atomic E-state index is 6.25. The van der Waals surface area contributed by atoms with Gasteiger partial charge < -0.3 is 10.6 Å². The van der Waals surface area contributed by atoms with Crippen LogP contribution in [0, 0.1) is 0 Å². The van der Waals surface area contributed by atoms with Gasteiger partial charge in [-0.05, 0) is 31.0 Å². The van der Waals surface area contributed by atoms with Gasteiger partial charge >= 0.3 is 0 Å². The van der Waals surface area contributed by atoms with Gasteiger partial charge in [0.25, 0.3) is 0 Å². The average Bonchev–Trinajstić information content (AvgIpc) is 2.49. The van der Waals surface area contributed by atoms with E-state index in [0.29, 0.717) is 0 Å². The number of aromatic nitrogens is 1. The summed E-state index contributed by atoms with van der Waals surface area (Å²) in [5, 5.41) is 0. The second-order valence-corrected chi connectivity index (χ2v) is 4.51. The van der Waals surface area contributed by atoms with Crippen LogP contribution in [0.15, 0.2) is 48.7 Å². The highest BCUT2D eigenvalue weighted by Crippen LogP contribution is 2.20. The van der Waals surface area contributed by atoms with Crippen LogP contribution in [0.25, 0.3) is 0 Å². The maximum atomic E-state index is 6.25. The largest absolute Gasteiger partial charge is 0.357 e. The van der Waals surface area contributed by atoms with Crippen LogP contribution in [0.5, 0.6) is 0 Å². The van der Waals surface area contributed by atoms with E-state index in [1.54, 1.807) is 0 Å². The van der Waals surface area contributed by atoms with E-state index in [9.17, 15) is 0 Å². The second kappa shape index (κ2) is 6.34. The summed E-state index contributed by atoms with van der Waals surface area (Å²) in [5.41, 5.74) is 8.41. The molecule has 1 unspecified atom stereocenters. The standard InChI is InChI=1S/C16H21N3/c1-3-19(4-2)15-11-10-14(12-18-15)16(17)13-8-6-5-7-9-13/h5-12,16H,3-4,17H2,1-2H3. The number of hydrogen-bond acceptors (Lipinski definition) is 3. The number of anilines is 1. The molecule has 1 aromatic heterocycles. The van der Waals surface area contributed by atoms with Gasteiger partial charge in [0.2, 0.25) is 0 Å². The summed E-state index contributed by atoms with van der Waals surface area (Å²) in [4.78, 5) is 6.73. The van der Waals surface area contributed by atoms with Crippen molar-refractivity contribution < 1.29 is 0 Å². The highest BCUT2D eigenvalue weighted by atomic mass is 15.2. The van der Waals surface area contributed by atoms with E-state index < -0.39 is 0 Å². The molecule has 0 aliphatic rings. The smallest absolute Gasteiger partial charge is 0.128 e. The van der Waals surface area contributed by atoms with Gasteiger partial charge in [0, 0.05) is 19.3 Å². The van der Waals surface area contributed by atoms with Gasteiger partial charge in [0.05, 0.1) is 6.04 Å². The van der Waals surface area contributed by atoms with Crippen molar-refractivity contribution in [3.8, 4) is 0 Å². The normalized spacial score (nSPS) is 12.2. The third-order valence-corrected chi connectivity index (χ3v) is 3.38. The Morgan fingerprint density at radius 2 is 1.68 bits per heavy atom. The second-order valence-electron chi connectivity index (χ2n) is 4.51. The molecular formula is C16H21N3. The van der Waals surface area contributed by atoms with Gasteiger partial charge in [0.1, 0.15) is 5.82 Å². The molecular weight excluding hydrogens is 234 g/mol. The summed E-state index contributed by atoms with van der Waals surface area (Å²) in [5.74, 6) is 1.01. The molecule has 0 aliphatic heterocycles. The quantitative estimate of drug-likeness (QED) is 0.893. The Morgan fingerprint density at radius 3 is 2.21 bits per heavy atom. The molecule has 2 N–H and O–H groups in total. The number of pyridine rings is 1. The average molecular weight is 255 g/mol. The lowest BCUT2D eigenvalue weighted by atomic mass is 10.0. The zero-order chi connectivity index (χ0) is 13.7. The molecule has 0 saturated carbocycles. The molecule has 1 aromatic carbocycles. The SMILES string of the molecule is CCN(CC)c1ccc(C(N)c2ccccc2)cn1. The zero-order valence-corrected chi connectivity index (χ0v) is 11.6. The molecule has 2 aromatic rings. The van der Waals surface area contributed by atoms with Crippen molar-refractivity contribution in [2.24, 2.45) is 5.73 Å². The molecule has 0 spiro atoms. The minimum Gasteiger partial charge on any atom is -0.357 e. The molecule has 0 amide bonds. The van der Waals surface area contributed by atoms with Crippen molar-refractivity contribution in [3.05, 3.63) is 59.8 Å². The van der Waals surface area contributed by atoms with Crippen molar-refractivity contribution in [1.29, 1.82) is 0 Å². The van der Waals surface area contributed by atoms with Crippen molar-refractivity contribution in [3.63, 3.8) is 0 Å². The Balaban J connectivity index is 2.19. The molecule has 1 heterocycles. The van der Waals surface area contributed by atoms with E-state index in [1.165, 1.54) is 0 Å². The van der Waals surface area contributed by atoms with Crippen LogP contribution in [-0.4, -0.2) is 18.1 Å². The molecule has 0 fully saturated rings. The van der Waals surface area contributed by atoms with E-state index in [2.05, 4.69) is 29.8 Å². The maximum Gasteiger partial charge on any atom is 0.128 e. The van der Waals surface area contributed by atoms with Crippen molar-refractivity contribution in [1.82, 2.24) is 4.98 Å². The van der Waals surface area contributed by atoms with Crippen LogP contribution >= 0.6 is 0 Å². The molecule has 0 bridgehead atoms. The first-order valence-corrected chi connectivity index (χ1v) is 6.77. The van der Waals surface area contributed by atoms with Gasteiger partial charge in [0.15, 0.2) is 0 Å². The van der Waals surface area contributed by atoms with Crippen LogP contribution in [0.2, 0.25) is 0 Å². The van der Waals surface area contributed by atoms with Crippen molar-refractivity contribution in [2.75, 3.05) is 18.0 Å². The molecule has 0 radical (unpaired) electrons. The molecule has 1 atom stereocenters. The first-order chi connectivity index (χ1) is 9.26. The summed E-state index contributed by atoms with van der Waals surface area (Å²) >= 11 is 0. The van der Waals surface area contributed by atoms with E-state index >= 15 is 0 Å². The summed E-state index contributed by atoms with van der Waals surface area (Å²) < 4.78 is 0. The topological polar surface area (TPSA) is 42.1 Å². The van der Waals surface area contributed by atoms with E-state index in [4.69, 9.17) is 5.73 Å². The highest BCUT2D eigenvalue weighted by molar-refractivity contribution is 5.41. The fourth-order valence-corrected chi connectivity index (χ4v) is 2.17. The number of benzene rings is 1. The summed E-state index contributed by atoms with van der Waals surface area (Å²) in [6.07, 6.45) is 1.88. The van der Waals surface area contributed by atoms with Gasteiger partial charge in [-0.2, -0.15) is 0 Å². The van der Waals surface area contributed by atoms with E-state index in [-0.39, 0.29) is 6.04 Å². The minimum atomic E-state index is -0.112. The predicted molar refractivity (Wildman–Crippen MR) is 80.3 cm³/mol. The Kier molecular flexibility index (Phi) is 4.53. The Morgan fingerprint density at radius 1 is 1.00 bits per heavy atom. The van der Waals surface area contributed by atoms with Gasteiger partial charge in [-0.1, -0.05) is 36.4 Å². The van der Waals surface area contributed by atoms with E-state index in [1.807, 2.05) is 42.6 Å². The zero-order valence-electron chi connectivity index (χ0n) is 11.6. The van der Waals surface area contributed by atoms with Crippen LogP contribution in [-0.2, 0) is 0 Å². The number of nitrogens with zero attached hydrogens (tertiary/aromatic N) is 2. The highest BCUT2D eigenvalue weighted by Gasteiger charge is 2.10. The number of nitrogens with two attached hydrogens (primary N) is 1. The Bertz CT molecular complexity index is 489. The van der Waals surface area contributed by atoms with Crippen LogP contribution in [0.3, 0.4) is 0 Å². The fraction of sp³-hybridized carbons (Fsp3) is 0.312. The monoisotopic (exact) mass is 255 g/mol. The van der Waals surface area contributed by atoms with Gasteiger partial charge in [-0.15, -0.1) is 0 Å². The molecule has 0 aliphatic carbocycles. The number of hydrogen-bond donors (Lipinski definition) is 1. The minimum absolute atomic E-state index is 0.112. The third-order valence-electron chi connectivity index (χ3n) is 3.38. The van der Waals surface area contributed by atoms with E-state index in [0.717, 1.165) is 30.0 Å². The van der Waals surface area contributed by atoms with Gasteiger partial charge in [-0.25, -0.2) is 4.98 Å². The first kappa shape index (κ1) is 13.6. The molecule has 19 heavy (non-hydrogen) atoms.